The van der Waals surface area contributed by atoms with Crippen molar-refractivity contribution in [3.05, 3.63) is 65.9 Å². The first-order chi connectivity index (χ1) is 12.6. The van der Waals surface area contributed by atoms with Gasteiger partial charge in [0, 0.05) is 11.3 Å². The number of amides is 1. The Bertz CT molecular complexity index is 897. The van der Waals surface area contributed by atoms with E-state index in [0.29, 0.717) is 11.5 Å². The second-order valence-corrected chi connectivity index (χ2v) is 5.90. The van der Waals surface area contributed by atoms with E-state index in [1.807, 2.05) is 49.4 Å². The molecule has 0 unspecified atom stereocenters. The van der Waals surface area contributed by atoms with Crippen LogP contribution >= 0.6 is 0 Å². The number of nitrogens with one attached hydrogen (secondary N) is 1. The van der Waals surface area contributed by atoms with Crippen molar-refractivity contribution >= 4 is 11.6 Å². The molecule has 0 aliphatic rings. The van der Waals surface area contributed by atoms with Gasteiger partial charge >= 0.3 is 0 Å². The quantitative estimate of drug-likeness (QED) is 0.712. The fraction of sp³-hybridized carbons (Fsp3) is 0.190. The molecule has 0 spiro atoms. The molecule has 26 heavy (non-hydrogen) atoms. The van der Waals surface area contributed by atoms with Gasteiger partial charge in [0.15, 0.2) is 11.5 Å². The average molecular weight is 351 g/mol. The van der Waals surface area contributed by atoms with Crippen LogP contribution in [-0.4, -0.2) is 20.1 Å². The van der Waals surface area contributed by atoms with E-state index >= 15 is 0 Å². The Morgan fingerprint density at radius 3 is 2.31 bits per heavy atom. The highest BCUT2D eigenvalue weighted by atomic mass is 16.5. The first-order valence-corrected chi connectivity index (χ1v) is 8.26. The van der Waals surface area contributed by atoms with Crippen LogP contribution in [0.15, 0.2) is 59.0 Å². The molecule has 0 saturated heterocycles. The summed E-state index contributed by atoms with van der Waals surface area (Å²) in [6.07, 6.45) is 0.249. The van der Waals surface area contributed by atoms with E-state index in [2.05, 4.69) is 5.32 Å². The number of carbonyl (C=O) groups excluding carboxylic acids is 1. The van der Waals surface area contributed by atoms with E-state index in [1.54, 1.807) is 26.4 Å². The van der Waals surface area contributed by atoms with Crippen LogP contribution in [0.25, 0.3) is 11.3 Å². The maximum Gasteiger partial charge on any atom is 0.228 e. The number of benzene rings is 2. The summed E-state index contributed by atoms with van der Waals surface area (Å²) >= 11 is 0. The number of aryl methyl sites for hydroxylation is 1. The van der Waals surface area contributed by atoms with Crippen LogP contribution in [0.5, 0.6) is 11.5 Å². The number of furan rings is 1. The highest BCUT2D eigenvalue weighted by Crippen LogP contribution is 2.28. The van der Waals surface area contributed by atoms with E-state index in [4.69, 9.17) is 13.9 Å². The lowest BCUT2D eigenvalue weighted by Crippen LogP contribution is -2.14. The third-order valence-electron chi connectivity index (χ3n) is 4.01. The molecule has 1 N–H and O–H groups in total. The van der Waals surface area contributed by atoms with Gasteiger partial charge in [-0.1, -0.05) is 6.07 Å². The average Bonchev–Trinajstić information content (AvgIpc) is 3.08. The van der Waals surface area contributed by atoms with E-state index in [1.165, 1.54) is 0 Å². The summed E-state index contributed by atoms with van der Waals surface area (Å²) in [5, 5.41) is 2.90. The molecule has 3 aromatic rings. The van der Waals surface area contributed by atoms with Crippen molar-refractivity contribution in [2.45, 2.75) is 13.3 Å². The van der Waals surface area contributed by atoms with Crippen molar-refractivity contribution in [2.24, 2.45) is 0 Å². The Balaban J connectivity index is 1.64. The molecule has 5 heteroatoms. The van der Waals surface area contributed by atoms with Gasteiger partial charge in [-0.2, -0.15) is 0 Å². The number of ether oxygens (including phenoxy) is 2. The summed E-state index contributed by atoms with van der Waals surface area (Å²) in [7, 11) is 3.15. The third kappa shape index (κ3) is 4.06. The van der Waals surface area contributed by atoms with Crippen LogP contribution in [0.4, 0.5) is 5.69 Å². The zero-order valence-corrected chi connectivity index (χ0v) is 15.0. The number of methoxy groups -OCH3 is 2. The highest BCUT2D eigenvalue weighted by molar-refractivity contribution is 5.92. The van der Waals surface area contributed by atoms with Crippen LogP contribution in [0.1, 0.15) is 11.3 Å². The number of hydrogen-bond acceptors (Lipinski definition) is 4. The van der Waals surface area contributed by atoms with E-state index < -0.39 is 0 Å². The topological polar surface area (TPSA) is 60.7 Å². The lowest BCUT2D eigenvalue weighted by Gasteiger charge is -2.10. The smallest absolute Gasteiger partial charge is 0.228 e. The monoisotopic (exact) mass is 351 g/mol. The first kappa shape index (κ1) is 17.6. The summed E-state index contributed by atoms with van der Waals surface area (Å²) in [5.74, 6) is 2.83. The number of rotatable bonds is 6. The minimum absolute atomic E-state index is 0.0983. The lowest BCUT2D eigenvalue weighted by molar-refractivity contribution is -0.115. The second-order valence-electron chi connectivity index (χ2n) is 5.90. The Hall–Kier alpha value is -3.21. The predicted octanol–water partition coefficient (Wildman–Crippen LogP) is 4.45. The van der Waals surface area contributed by atoms with E-state index in [0.717, 1.165) is 28.3 Å². The standard InChI is InChI=1S/C21H21NO4/c1-14-4-10-18(26-14)16-6-8-17(9-7-16)22-21(23)13-15-5-11-19(24-2)20(12-15)25-3/h4-12H,13H2,1-3H3,(H,22,23). The van der Waals surface area contributed by atoms with Gasteiger partial charge in [0.05, 0.1) is 20.6 Å². The number of hydrogen-bond donors (Lipinski definition) is 1. The van der Waals surface area contributed by atoms with Gasteiger partial charge in [-0.25, -0.2) is 0 Å². The van der Waals surface area contributed by atoms with Gasteiger partial charge in [-0.3, -0.25) is 4.79 Å². The summed E-state index contributed by atoms with van der Waals surface area (Å²) in [6, 6.07) is 16.9. The second kappa shape index (κ2) is 7.78. The van der Waals surface area contributed by atoms with Crippen LogP contribution in [0.3, 0.4) is 0 Å². The molecule has 0 aliphatic carbocycles. The van der Waals surface area contributed by atoms with Crippen molar-refractivity contribution in [1.82, 2.24) is 0 Å². The van der Waals surface area contributed by atoms with Gasteiger partial charge in [-0.15, -0.1) is 0 Å². The van der Waals surface area contributed by atoms with Gasteiger partial charge < -0.3 is 19.2 Å². The third-order valence-corrected chi connectivity index (χ3v) is 4.01. The van der Waals surface area contributed by atoms with Crippen molar-refractivity contribution in [1.29, 1.82) is 0 Å². The molecule has 134 valence electrons. The fourth-order valence-corrected chi connectivity index (χ4v) is 2.69. The Kier molecular flexibility index (Phi) is 5.27. The zero-order chi connectivity index (χ0) is 18.5. The minimum atomic E-state index is -0.0983. The normalized spacial score (nSPS) is 10.4. The minimum Gasteiger partial charge on any atom is -0.493 e. The molecular formula is C21H21NO4. The Labute approximate surface area is 152 Å². The molecule has 0 radical (unpaired) electrons. The number of carbonyl (C=O) groups is 1. The van der Waals surface area contributed by atoms with Gasteiger partial charge in [-0.05, 0) is 61.0 Å². The van der Waals surface area contributed by atoms with Crippen molar-refractivity contribution in [3.63, 3.8) is 0 Å². The maximum atomic E-state index is 12.3. The highest BCUT2D eigenvalue weighted by Gasteiger charge is 2.09. The first-order valence-electron chi connectivity index (χ1n) is 8.26. The molecule has 0 aliphatic heterocycles. The molecule has 1 amide bonds. The lowest BCUT2D eigenvalue weighted by atomic mass is 10.1. The van der Waals surface area contributed by atoms with Crippen LogP contribution in [0.2, 0.25) is 0 Å². The van der Waals surface area contributed by atoms with Crippen molar-refractivity contribution in [3.8, 4) is 22.8 Å². The summed E-state index contributed by atoms with van der Waals surface area (Å²) in [4.78, 5) is 12.3. The summed E-state index contributed by atoms with van der Waals surface area (Å²) in [6.45, 7) is 1.91. The fourth-order valence-electron chi connectivity index (χ4n) is 2.69. The molecule has 0 fully saturated rings. The van der Waals surface area contributed by atoms with E-state index in [-0.39, 0.29) is 12.3 Å². The molecule has 2 aromatic carbocycles. The molecule has 5 nitrogen and oxygen atoms in total. The van der Waals surface area contributed by atoms with Crippen LogP contribution < -0.4 is 14.8 Å². The van der Waals surface area contributed by atoms with Crippen LogP contribution in [-0.2, 0) is 11.2 Å². The van der Waals surface area contributed by atoms with Gasteiger partial charge in [0.2, 0.25) is 5.91 Å². The summed E-state index contributed by atoms with van der Waals surface area (Å²) < 4.78 is 16.1. The molecule has 0 saturated carbocycles. The number of anilines is 1. The zero-order valence-electron chi connectivity index (χ0n) is 15.0. The van der Waals surface area contributed by atoms with Gasteiger partial charge in [0.25, 0.3) is 0 Å². The molecule has 3 rings (SSSR count). The Morgan fingerprint density at radius 2 is 1.69 bits per heavy atom. The summed E-state index contributed by atoms with van der Waals surface area (Å²) in [5.41, 5.74) is 2.56. The molecule has 0 atom stereocenters. The predicted molar refractivity (Wildman–Crippen MR) is 101 cm³/mol. The molecule has 1 heterocycles. The largest absolute Gasteiger partial charge is 0.493 e. The maximum absolute atomic E-state index is 12.3. The van der Waals surface area contributed by atoms with Crippen LogP contribution in [0, 0.1) is 6.92 Å². The molecule has 1 aromatic heterocycles. The Morgan fingerprint density at radius 1 is 0.962 bits per heavy atom. The van der Waals surface area contributed by atoms with Gasteiger partial charge in [0.1, 0.15) is 11.5 Å². The van der Waals surface area contributed by atoms with E-state index in [9.17, 15) is 4.79 Å². The molecule has 0 bridgehead atoms. The molecular weight excluding hydrogens is 330 g/mol. The van der Waals surface area contributed by atoms with Crippen molar-refractivity contribution < 1.29 is 18.7 Å². The van der Waals surface area contributed by atoms with Crippen molar-refractivity contribution in [2.75, 3.05) is 19.5 Å². The SMILES string of the molecule is COc1ccc(CC(=O)Nc2ccc(-c3ccc(C)o3)cc2)cc1OC.